The van der Waals surface area contributed by atoms with Crippen molar-refractivity contribution in [3.05, 3.63) is 24.3 Å². The zero-order valence-electron chi connectivity index (χ0n) is 25.8. The van der Waals surface area contributed by atoms with Crippen LogP contribution in [0, 0.1) is 0 Å². The fourth-order valence-electron chi connectivity index (χ4n) is 4.84. The Kier molecular flexibility index (Phi) is 28.9. The molecule has 4 N–H and O–H groups in total. The van der Waals surface area contributed by atoms with Crippen LogP contribution >= 0.6 is 0 Å². The number of aliphatic hydroxyl groups is 3. The number of unbranched alkanes of at least 4 members (excludes halogenated alkanes) is 19. The summed E-state index contributed by atoms with van der Waals surface area (Å²) in [7, 11) is 0. The molecule has 0 aliphatic rings. The van der Waals surface area contributed by atoms with Crippen molar-refractivity contribution in [1.82, 2.24) is 5.32 Å². The summed E-state index contributed by atoms with van der Waals surface area (Å²) >= 11 is 0. The normalized spacial score (nSPS) is 14.3. The predicted octanol–water partition coefficient (Wildman–Crippen LogP) is 8.31. The van der Waals surface area contributed by atoms with E-state index in [1.54, 1.807) is 6.08 Å². The summed E-state index contributed by atoms with van der Waals surface area (Å²) < 4.78 is 0. The van der Waals surface area contributed by atoms with Gasteiger partial charge in [0, 0.05) is 0 Å². The van der Waals surface area contributed by atoms with Gasteiger partial charge in [-0.15, -0.1) is 0 Å². The lowest BCUT2D eigenvalue weighted by Gasteiger charge is -2.21. The Morgan fingerprint density at radius 3 is 1.56 bits per heavy atom. The first-order valence-electron chi connectivity index (χ1n) is 16.7. The molecule has 0 fully saturated rings. The Hall–Kier alpha value is -1.17. The number of nitrogens with one attached hydrogen (secondary N) is 1. The van der Waals surface area contributed by atoms with Crippen LogP contribution in [-0.2, 0) is 4.79 Å². The third-order valence-corrected chi connectivity index (χ3v) is 7.54. The highest BCUT2D eigenvalue weighted by atomic mass is 16.3. The molecule has 0 rings (SSSR count). The zero-order valence-corrected chi connectivity index (χ0v) is 25.8. The average molecular weight is 552 g/mol. The highest BCUT2D eigenvalue weighted by Gasteiger charge is 2.22. The molecule has 230 valence electrons. The van der Waals surface area contributed by atoms with Crippen LogP contribution in [0.3, 0.4) is 0 Å². The van der Waals surface area contributed by atoms with Gasteiger partial charge in [0.1, 0.15) is 6.10 Å². The second-order valence-corrected chi connectivity index (χ2v) is 11.4. The predicted molar refractivity (Wildman–Crippen MR) is 167 cm³/mol. The maximum atomic E-state index is 12.3. The van der Waals surface area contributed by atoms with E-state index >= 15 is 0 Å². The second kappa shape index (κ2) is 29.8. The van der Waals surface area contributed by atoms with Gasteiger partial charge in [-0.2, -0.15) is 0 Å². The van der Waals surface area contributed by atoms with Crippen molar-refractivity contribution in [2.45, 2.75) is 180 Å². The van der Waals surface area contributed by atoms with Crippen LogP contribution in [-0.4, -0.2) is 46.1 Å². The summed E-state index contributed by atoms with van der Waals surface area (Å²) in [4.78, 5) is 12.3. The minimum atomic E-state index is -1.10. The monoisotopic (exact) mass is 551 g/mol. The van der Waals surface area contributed by atoms with E-state index < -0.39 is 24.2 Å². The topological polar surface area (TPSA) is 89.8 Å². The van der Waals surface area contributed by atoms with Crippen LogP contribution in [0.2, 0.25) is 0 Å². The standard InChI is InChI=1S/C34H65NO4/c1-3-5-7-9-11-13-15-17-19-21-23-25-27-29-33(38)34(39)35-31(30-36)32(37)28-26-24-22-20-18-16-14-12-10-8-6-4-2/h18,20,26,28,31-33,36-38H,3-17,19,21-25,27,29-30H2,1-2H3,(H,35,39)/b20-18+,28-26+. The largest absolute Gasteiger partial charge is 0.394 e. The van der Waals surface area contributed by atoms with E-state index in [0.29, 0.717) is 6.42 Å². The van der Waals surface area contributed by atoms with Crippen molar-refractivity contribution >= 4 is 5.91 Å². The number of amides is 1. The van der Waals surface area contributed by atoms with Gasteiger partial charge < -0.3 is 20.6 Å². The van der Waals surface area contributed by atoms with Gasteiger partial charge in [0.15, 0.2) is 0 Å². The third kappa shape index (κ3) is 25.5. The number of hydrogen-bond donors (Lipinski definition) is 4. The van der Waals surface area contributed by atoms with Gasteiger partial charge >= 0.3 is 0 Å². The molecule has 1 amide bonds. The fourth-order valence-corrected chi connectivity index (χ4v) is 4.84. The second-order valence-electron chi connectivity index (χ2n) is 11.4. The molecular formula is C34H65NO4. The van der Waals surface area contributed by atoms with Crippen molar-refractivity contribution in [2.24, 2.45) is 0 Å². The minimum absolute atomic E-state index is 0.374. The molecule has 0 heterocycles. The molecule has 0 aromatic carbocycles. The van der Waals surface area contributed by atoms with Gasteiger partial charge in [0.2, 0.25) is 5.91 Å². The summed E-state index contributed by atoms with van der Waals surface area (Å²) in [6.45, 7) is 4.12. The highest BCUT2D eigenvalue weighted by molar-refractivity contribution is 5.80. The summed E-state index contributed by atoms with van der Waals surface area (Å²) in [5.74, 6) is -0.516. The van der Waals surface area contributed by atoms with Crippen molar-refractivity contribution in [2.75, 3.05) is 6.61 Å². The van der Waals surface area contributed by atoms with E-state index in [9.17, 15) is 20.1 Å². The molecule has 0 saturated carbocycles. The lowest BCUT2D eigenvalue weighted by molar-refractivity contribution is -0.131. The van der Waals surface area contributed by atoms with Gasteiger partial charge in [0.05, 0.1) is 18.8 Å². The first-order chi connectivity index (χ1) is 19.1. The maximum Gasteiger partial charge on any atom is 0.249 e. The number of aliphatic hydroxyl groups excluding tert-OH is 3. The van der Waals surface area contributed by atoms with E-state index in [1.165, 1.54) is 103 Å². The number of rotatable bonds is 29. The van der Waals surface area contributed by atoms with E-state index in [4.69, 9.17) is 0 Å². The molecule has 5 heteroatoms. The number of hydrogen-bond acceptors (Lipinski definition) is 4. The van der Waals surface area contributed by atoms with Crippen LogP contribution in [0.1, 0.15) is 162 Å². The molecule has 0 bridgehead atoms. The fraction of sp³-hybridized carbons (Fsp3) is 0.853. The first-order valence-corrected chi connectivity index (χ1v) is 16.7. The number of allylic oxidation sites excluding steroid dienone is 3. The Labute approximate surface area is 241 Å². The minimum Gasteiger partial charge on any atom is -0.394 e. The SMILES string of the molecule is CCCCCCCC/C=C/CC/C=C/C(O)C(CO)NC(=O)C(O)CCCCCCCCCCCCCCC. The van der Waals surface area contributed by atoms with Gasteiger partial charge in [-0.05, 0) is 32.1 Å². The van der Waals surface area contributed by atoms with Gasteiger partial charge in [-0.3, -0.25) is 4.79 Å². The van der Waals surface area contributed by atoms with Crippen LogP contribution in [0.5, 0.6) is 0 Å². The van der Waals surface area contributed by atoms with Crippen LogP contribution in [0.15, 0.2) is 24.3 Å². The van der Waals surface area contributed by atoms with Gasteiger partial charge in [-0.25, -0.2) is 0 Å². The molecule has 0 aliphatic heterocycles. The van der Waals surface area contributed by atoms with E-state index in [0.717, 1.165) is 38.5 Å². The molecule has 0 saturated heterocycles. The molecule has 5 nitrogen and oxygen atoms in total. The van der Waals surface area contributed by atoms with Crippen LogP contribution in [0.25, 0.3) is 0 Å². The van der Waals surface area contributed by atoms with Crippen LogP contribution in [0.4, 0.5) is 0 Å². The molecular weight excluding hydrogens is 486 g/mol. The number of carbonyl (C=O) groups is 1. The smallest absolute Gasteiger partial charge is 0.249 e. The highest BCUT2D eigenvalue weighted by Crippen LogP contribution is 2.14. The molecule has 0 aromatic rings. The van der Waals surface area contributed by atoms with Gasteiger partial charge in [0.25, 0.3) is 0 Å². The zero-order chi connectivity index (χ0) is 28.8. The van der Waals surface area contributed by atoms with Crippen molar-refractivity contribution < 1.29 is 20.1 Å². The Balaban J connectivity index is 3.83. The van der Waals surface area contributed by atoms with Crippen molar-refractivity contribution in [3.63, 3.8) is 0 Å². The summed E-state index contributed by atoms with van der Waals surface area (Å²) in [6, 6.07) is -0.807. The molecule has 3 unspecified atom stereocenters. The molecule has 3 atom stereocenters. The van der Waals surface area contributed by atoms with Crippen molar-refractivity contribution in [3.8, 4) is 0 Å². The Morgan fingerprint density at radius 2 is 1.05 bits per heavy atom. The lowest BCUT2D eigenvalue weighted by atomic mass is 10.0. The molecule has 0 aromatic heterocycles. The molecule has 0 radical (unpaired) electrons. The van der Waals surface area contributed by atoms with Crippen molar-refractivity contribution in [1.29, 1.82) is 0 Å². The van der Waals surface area contributed by atoms with E-state index in [-0.39, 0.29) is 6.61 Å². The Morgan fingerprint density at radius 1 is 0.615 bits per heavy atom. The third-order valence-electron chi connectivity index (χ3n) is 7.54. The van der Waals surface area contributed by atoms with Crippen LogP contribution < -0.4 is 5.32 Å². The molecule has 0 aliphatic carbocycles. The van der Waals surface area contributed by atoms with E-state index in [2.05, 4.69) is 31.3 Å². The number of carbonyl (C=O) groups excluding carboxylic acids is 1. The molecule has 0 spiro atoms. The quantitative estimate of drug-likeness (QED) is 0.0556. The Bertz CT molecular complexity index is 578. The average Bonchev–Trinajstić information content (AvgIpc) is 2.94. The molecule has 39 heavy (non-hydrogen) atoms. The lowest BCUT2D eigenvalue weighted by Crippen LogP contribution is -2.48. The maximum absolute atomic E-state index is 12.3. The summed E-state index contributed by atoms with van der Waals surface area (Å²) in [5, 5.41) is 32.8. The summed E-state index contributed by atoms with van der Waals surface area (Å²) in [5.41, 5.74) is 0. The van der Waals surface area contributed by atoms with Gasteiger partial charge in [-0.1, -0.05) is 154 Å². The summed E-state index contributed by atoms with van der Waals surface area (Å²) in [6.07, 6.45) is 33.3. The van der Waals surface area contributed by atoms with E-state index in [1.807, 2.05) is 6.08 Å². The first kappa shape index (κ1) is 37.8.